The predicted octanol–water partition coefficient (Wildman–Crippen LogP) is 3.56. The van der Waals surface area contributed by atoms with E-state index in [1.807, 2.05) is 6.07 Å². The summed E-state index contributed by atoms with van der Waals surface area (Å²) < 4.78 is 0. The minimum atomic E-state index is 0.223. The Morgan fingerprint density at radius 2 is 2.06 bits per heavy atom. The fourth-order valence-corrected chi connectivity index (χ4v) is 2.55. The molecule has 1 fully saturated rings. The molecular weight excluding hydrogens is 234 g/mol. The van der Waals surface area contributed by atoms with Crippen LogP contribution >= 0.6 is 11.6 Å². The number of nitrogens with one attached hydrogen (secondary N) is 1. The van der Waals surface area contributed by atoms with Gasteiger partial charge in [0, 0.05) is 17.8 Å². The minimum Gasteiger partial charge on any atom is -0.366 e. The van der Waals surface area contributed by atoms with Crippen molar-refractivity contribution in [3.63, 3.8) is 0 Å². The molecule has 2 atom stereocenters. The maximum atomic E-state index is 6.33. The fraction of sp³-hybridized carbons (Fsp3) is 0.692. The average Bonchev–Trinajstić information content (AvgIpc) is 2.32. The molecule has 0 amide bonds. The summed E-state index contributed by atoms with van der Waals surface area (Å²) in [6.45, 7) is 4.27. The molecule has 1 heterocycles. The van der Waals surface area contributed by atoms with Crippen molar-refractivity contribution in [2.24, 2.45) is 0 Å². The zero-order chi connectivity index (χ0) is 12.3. The van der Waals surface area contributed by atoms with Crippen LogP contribution in [0, 0.1) is 0 Å². The van der Waals surface area contributed by atoms with Gasteiger partial charge >= 0.3 is 0 Å². The summed E-state index contributed by atoms with van der Waals surface area (Å²) >= 11 is 6.33. The van der Waals surface area contributed by atoms with Crippen molar-refractivity contribution in [2.45, 2.75) is 56.9 Å². The van der Waals surface area contributed by atoms with Crippen LogP contribution < -0.4 is 5.32 Å². The SMILES string of the molecule is CC(C)c1cc(NC2CCCCC2Cl)ncn1. The fourth-order valence-electron chi connectivity index (χ4n) is 2.21. The number of rotatable bonds is 3. The largest absolute Gasteiger partial charge is 0.366 e. The second-order valence-electron chi connectivity index (χ2n) is 5.03. The average molecular weight is 254 g/mol. The van der Waals surface area contributed by atoms with Crippen LogP contribution in [-0.2, 0) is 0 Å². The third-order valence-electron chi connectivity index (χ3n) is 3.29. The van der Waals surface area contributed by atoms with Gasteiger partial charge in [-0.2, -0.15) is 0 Å². The summed E-state index contributed by atoms with van der Waals surface area (Å²) in [6.07, 6.45) is 6.36. The summed E-state index contributed by atoms with van der Waals surface area (Å²) in [5.74, 6) is 1.33. The number of nitrogens with zero attached hydrogens (tertiary/aromatic N) is 2. The molecule has 1 aliphatic rings. The van der Waals surface area contributed by atoms with E-state index in [-0.39, 0.29) is 5.38 Å². The van der Waals surface area contributed by atoms with Crippen molar-refractivity contribution in [3.8, 4) is 0 Å². The van der Waals surface area contributed by atoms with Gasteiger partial charge < -0.3 is 5.32 Å². The Bertz CT molecular complexity index is 367. The lowest BCUT2D eigenvalue weighted by molar-refractivity contribution is 0.468. The molecule has 1 aromatic heterocycles. The van der Waals surface area contributed by atoms with E-state index in [2.05, 4.69) is 29.1 Å². The molecule has 0 aliphatic heterocycles. The maximum absolute atomic E-state index is 6.33. The Kier molecular flexibility index (Phi) is 4.21. The van der Waals surface area contributed by atoms with Crippen molar-refractivity contribution in [1.82, 2.24) is 9.97 Å². The second kappa shape index (κ2) is 5.67. The van der Waals surface area contributed by atoms with Gasteiger partial charge in [0.15, 0.2) is 0 Å². The highest BCUT2D eigenvalue weighted by Gasteiger charge is 2.23. The molecule has 0 aromatic carbocycles. The number of hydrogen-bond acceptors (Lipinski definition) is 3. The number of halogens is 1. The maximum Gasteiger partial charge on any atom is 0.129 e. The van der Waals surface area contributed by atoms with Crippen molar-refractivity contribution in [3.05, 3.63) is 18.1 Å². The van der Waals surface area contributed by atoms with Crippen molar-refractivity contribution in [1.29, 1.82) is 0 Å². The first-order chi connectivity index (χ1) is 8.16. The summed E-state index contributed by atoms with van der Waals surface area (Å²) in [5, 5.41) is 3.67. The van der Waals surface area contributed by atoms with Crippen molar-refractivity contribution in [2.75, 3.05) is 5.32 Å². The molecule has 1 N–H and O–H groups in total. The summed E-state index contributed by atoms with van der Waals surface area (Å²) in [4.78, 5) is 8.54. The molecule has 1 aromatic rings. The molecule has 4 heteroatoms. The lowest BCUT2D eigenvalue weighted by Gasteiger charge is -2.28. The first-order valence-electron chi connectivity index (χ1n) is 6.39. The molecule has 0 bridgehead atoms. The predicted molar refractivity (Wildman–Crippen MR) is 71.6 cm³/mol. The van der Waals surface area contributed by atoms with Gasteiger partial charge in [-0.05, 0) is 18.8 Å². The summed E-state index contributed by atoms with van der Waals surface area (Å²) in [6, 6.07) is 2.38. The van der Waals surface area contributed by atoms with Gasteiger partial charge in [-0.3, -0.25) is 0 Å². The van der Waals surface area contributed by atoms with Crippen LogP contribution in [0.15, 0.2) is 12.4 Å². The monoisotopic (exact) mass is 253 g/mol. The molecule has 1 aliphatic carbocycles. The minimum absolute atomic E-state index is 0.223. The second-order valence-corrected chi connectivity index (χ2v) is 5.59. The smallest absolute Gasteiger partial charge is 0.129 e. The van der Waals surface area contributed by atoms with Crippen LogP contribution in [-0.4, -0.2) is 21.4 Å². The van der Waals surface area contributed by atoms with Crippen molar-refractivity contribution >= 4 is 17.4 Å². The van der Waals surface area contributed by atoms with E-state index in [4.69, 9.17) is 11.6 Å². The van der Waals surface area contributed by atoms with Crippen LogP contribution in [0.1, 0.15) is 51.1 Å². The van der Waals surface area contributed by atoms with E-state index in [1.54, 1.807) is 6.33 Å². The normalized spacial score (nSPS) is 24.9. The third kappa shape index (κ3) is 3.32. The van der Waals surface area contributed by atoms with E-state index in [1.165, 1.54) is 12.8 Å². The molecule has 94 valence electrons. The van der Waals surface area contributed by atoms with Gasteiger partial charge in [-0.25, -0.2) is 9.97 Å². The zero-order valence-corrected chi connectivity index (χ0v) is 11.2. The first-order valence-corrected chi connectivity index (χ1v) is 6.83. The zero-order valence-electron chi connectivity index (χ0n) is 10.5. The molecule has 0 spiro atoms. The first kappa shape index (κ1) is 12.6. The number of hydrogen-bond donors (Lipinski definition) is 1. The Hall–Kier alpha value is -0.830. The van der Waals surface area contributed by atoms with E-state index >= 15 is 0 Å². The molecular formula is C13H20ClN3. The lowest BCUT2D eigenvalue weighted by Crippen LogP contribution is -2.33. The van der Waals surface area contributed by atoms with Gasteiger partial charge in [-0.1, -0.05) is 26.7 Å². The highest BCUT2D eigenvalue weighted by Crippen LogP contribution is 2.26. The number of aromatic nitrogens is 2. The standard InChI is InChI=1S/C13H20ClN3/c1-9(2)12-7-13(16-8-15-12)17-11-6-4-3-5-10(11)14/h7-11H,3-6H2,1-2H3,(H,15,16,17). The Balaban J connectivity index is 2.04. The molecule has 3 nitrogen and oxygen atoms in total. The number of alkyl halides is 1. The van der Waals surface area contributed by atoms with Crippen LogP contribution in [0.25, 0.3) is 0 Å². The summed E-state index contributed by atoms with van der Waals surface area (Å²) in [5.41, 5.74) is 1.07. The van der Waals surface area contributed by atoms with Gasteiger partial charge in [0.2, 0.25) is 0 Å². The lowest BCUT2D eigenvalue weighted by atomic mass is 9.95. The van der Waals surface area contributed by atoms with Crippen LogP contribution in [0.5, 0.6) is 0 Å². The van der Waals surface area contributed by atoms with Crippen LogP contribution in [0.4, 0.5) is 5.82 Å². The number of anilines is 1. The molecule has 0 saturated heterocycles. The van der Waals surface area contributed by atoms with Gasteiger partial charge in [-0.15, -0.1) is 11.6 Å². The quantitative estimate of drug-likeness (QED) is 0.837. The highest BCUT2D eigenvalue weighted by molar-refractivity contribution is 6.21. The Labute approximate surface area is 108 Å². The van der Waals surface area contributed by atoms with E-state index in [0.29, 0.717) is 12.0 Å². The van der Waals surface area contributed by atoms with Gasteiger partial charge in [0.25, 0.3) is 0 Å². The highest BCUT2D eigenvalue weighted by atomic mass is 35.5. The third-order valence-corrected chi connectivity index (χ3v) is 3.82. The van der Waals surface area contributed by atoms with Crippen LogP contribution in [0.2, 0.25) is 0 Å². The van der Waals surface area contributed by atoms with E-state index < -0.39 is 0 Å². The van der Waals surface area contributed by atoms with Crippen molar-refractivity contribution < 1.29 is 0 Å². The molecule has 2 rings (SSSR count). The molecule has 17 heavy (non-hydrogen) atoms. The van der Waals surface area contributed by atoms with E-state index in [9.17, 15) is 0 Å². The molecule has 2 unspecified atom stereocenters. The topological polar surface area (TPSA) is 37.8 Å². The van der Waals surface area contributed by atoms with Gasteiger partial charge in [0.05, 0.1) is 5.38 Å². The van der Waals surface area contributed by atoms with E-state index in [0.717, 1.165) is 24.4 Å². The molecule has 1 saturated carbocycles. The van der Waals surface area contributed by atoms with Crippen LogP contribution in [0.3, 0.4) is 0 Å². The summed E-state index contributed by atoms with van der Waals surface area (Å²) in [7, 11) is 0. The molecule has 0 radical (unpaired) electrons. The Morgan fingerprint density at radius 3 is 2.76 bits per heavy atom. The Morgan fingerprint density at radius 1 is 1.29 bits per heavy atom. The van der Waals surface area contributed by atoms with Gasteiger partial charge in [0.1, 0.15) is 12.1 Å².